The molecule has 144 valence electrons. The molecule has 3 unspecified atom stereocenters. The second kappa shape index (κ2) is 15.4. The average Bonchev–Trinajstić information content (AvgIpc) is 2.57. The van der Waals surface area contributed by atoms with Gasteiger partial charge in [-0.15, -0.1) is 24.0 Å². The SMILES string of the molecule is CCNC(=NCCCCCOC)NC1CCCC(S(=O)CC)C1.I. The lowest BCUT2D eigenvalue weighted by Crippen LogP contribution is -2.46. The monoisotopic (exact) mass is 473 g/mol. The van der Waals surface area contributed by atoms with Gasteiger partial charge in [-0.1, -0.05) is 13.3 Å². The highest BCUT2D eigenvalue weighted by Gasteiger charge is 2.25. The summed E-state index contributed by atoms with van der Waals surface area (Å²) in [6.07, 6.45) is 7.75. The second-order valence-corrected chi connectivity index (χ2v) is 8.12. The minimum absolute atomic E-state index is 0. The summed E-state index contributed by atoms with van der Waals surface area (Å²) in [5, 5.41) is 7.23. The quantitative estimate of drug-likeness (QED) is 0.222. The first kappa shape index (κ1) is 24.1. The largest absolute Gasteiger partial charge is 0.385 e. The van der Waals surface area contributed by atoms with Crippen molar-refractivity contribution in [1.29, 1.82) is 0 Å². The van der Waals surface area contributed by atoms with Gasteiger partial charge >= 0.3 is 0 Å². The van der Waals surface area contributed by atoms with Crippen molar-refractivity contribution in [2.45, 2.75) is 70.1 Å². The van der Waals surface area contributed by atoms with Crippen LogP contribution in [0.15, 0.2) is 4.99 Å². The molecule has 1 rings (SSSR count). The average molecular weight is 473 g/mol. The zero-order valence-electron chi connectivity index (χ0n) is 15.5. The molecule has 0 aliphatic heterocycles. The zero-order valence-corrected chi connectivity index (χ0v) is 18.7. The van der Waals surface area contributed by atoms with Gasteiger partial charge in [-0.2, -0.15) is 0 Å². The van der Waals surface area contributed by atoms with Crippen molar-refractivity contribution < 1.29 is 8.95 Å². The summed E-state index contributed by atoms with van der Waals surface area (Å²) in [7, 11) is 1.07. The Morgan fingerprint density at radius 1 is 1.25 bits per heavy atom. The summed E-state index contributed by atoms with van der Waals surface area (Å²) in [5.74, 6) is 1.68. The smallest absolute Gasteiger partial charge is 0.191 e. The normalized spacial score (nSPS) is 22.5. The van der Waals surface area contributed by atoms with Gasteiger partial charge in [0.15, 0.2) is 5.96 Å². The van der Waals surface area contributed by atoms with Gasteiger partial charge < -0.3 is 15.4 Å². The molecule has 0 aromatic rings. The lowest BCUT2D eigenvalue weighted by atomic mass is 9.95. The molecule has 1 aliphatic carbocycles. The fourth-order valence-electron chi connectivity index (χ4n) is 2.99. The number of hydrogen-bond acceptors (Lipinski definition) is 3. The van der Waals surface area contributed by atoms with E-state index in [2.05, 4.69) is 22.5 Å². The number of nitrogens with one attached hydrogen (secondary N) is 2. The molecule has 5 nitrogen and oxygen atoms in total. The Kier molecular flexibility index (Phi) is 15.4. The third-order valence-electron chi connectivity index (χ3n) is 4.24. The van der Waals surface area contributed by atoms with Crippen LogP contribution in [0, 0.1) is 0 Å². The fraction of sp³-hybridized carbons (Fsp3) is 0.941. The van der Waals surface area contributed by atoms with Crippen molar-refractivity contribution >= 4 is 40.7 Å². The topological polar surface area (TPSA) is 62.7 Å². The van der Waals surface area contributed by atoms with Crippen LogP contribution in [0.3, 0.4) is 0 Å². The maximum Gasteiger partial charge on any atom is 0.191 e. The maximum absolute atomic E-state index is 12.0. The van der Waals surface area contributed by atoms with Gasteiger partial charge in [0.05, 0.1) is 0 Å². The molecular formula is C17H36IN3O2S. The second-order valence-electron chi connectivity index (χ2n) is 6.11. The van der Waals surface area contributed by atoms with Crippen molar-refractivity contribution in [3.05, 3.63) is 0 Å². The van der Waals surface area contributed by atoms with E-state index in [0.717, 1.165) is 76.4 Å². The highest BCUT2D eigenvalue weighted by atomic mass is 127. The standard InChI is InChI=1S/C17H35N3O2S.HI/c1-4-18-17(19-12-7-6-8-13-22-3)20-15-10-9-11-16(14-15)23(21)5-2;/h15-16H,4-14H2,1-3H3,(H2,18,19,20);1H. The first-order valence-corrected chi connectivity index (χ1v) is 10.5. The minimum Gasteiger partial charge on any atom is -0.385 e. The molecule has 0 heterocycles. The van der Waals surface area contributed by atoms with E-state index in [1.54, 1.807) is 7.11 Å². The third-order valence-corrected chi connectivity index (χ3v) is 5.98. The van der Waals surface area contributed by atoms with E-state index < -0.39 is 10.8 Å². The predicted octanol–water partition coefficient (Wildman–Crippen LogP) is 3.06. The molecule has 0 saturated heterocycles. The Morgan fingerprint density at radius 3 is 2.71 bits per heavy atom. The van der Waals surface area contributed by atoms with E-state index in [-0.39, 0.29) is 24.0 Å². The third kappa shape index (κ3) is 10.2. The van der Waals surface area contributed by atoms with Crippen LogP contribution in [0.5, 0.6) is 0 Å². The molecule has 1 saturated carbocycles. The van der Waals surface area contributed by atoms with Crippen LogP contribution in [-0.2, 0) is 15.5 Å². The highest BCUT2D eigenvalue weighted by molar-refractivity contribution is 14.0. The van der Waals surface area contributed by atoms with E-state index in [4.69, 9.17) is 4.74 Å². The van der Waals surface area contributed by atoms with Crippen molar-refractivity contribution in [3.63, 3.8) is 0 Å². The van der Waals surface area contributed by atoms with E-state index in [1.165, 1.54) is 0 Å². The van der Waals surface area contributed by atoms with E-state index in [9.17, 15) is 4.21 Å². The predicted molar refractivity (Wildman–Crippen MR) is 115 cm³/mol. The van der Waals surface area contributed by atoms with Crippen LogP contribution < -0.4 is 10.6 Å². The molecule has 0 spiro atoms. The number of halogens is 1. The summed E-state index contributed by atoms with van der Waals surface area (Å²) in [6, 6.07) is 0.399. The first-order chi connectivity index (χ1) is 11.2. The maximum atomic E-state index is 12.0. The summed E-state index contributed by atoms with van der Waals surface area (Å²) >= 11 is 0. The van der Waals surface area contributed by atoms with Gasteiger partial charge in [-0.3, -0.25) is 9.20 Å². The van der Waals surface area contributed by atoms with Crippen molar-refractivity contribution in [2.75, 3.05) is 32.6 Å². The van der Waals surface area contributed by atoms with Crippen LogP contribution >= 0.6 is 24.0 Å². The molecule has 3 atom stereocenters. The van der Waals surface area contributed by atoms with Gasteiger partial charge in [0.2, 0.25) is 0 Å². The summed E-state index contributed by atoms with van der Waals surface area (Å²) in [6.45, 7) is 6.65. The highest BCUT2D eigenvalue weighted by Crippen LogP contribution is 2.22. The number of hydrogen-bond donors (Lipinski definition) is 2. The number of rotatable bonds is 10. The Hall–Kier alpha value is 0.110. The van der Waals surface area contributed by atoms with Crippen molar-refractivity contribution in [3.8, 4) is 0 Å². The van der Waals surface area contributed by atoms with Crippen LogP contribution in [0.2, 0.25) is 0 Å². The van der Waals surface area contributed by atoms with Crippen LogP contribution in [0.1, 0.15) is 58.8 Å². The van der Waals surface area contributed by atoms with Gasteiger partial charge in [-0.05, 0) is 45.4 Å². The van der Waals surface area contributed by atoms with E-state index >= 15 is 0 Å². The van der Waals surface area contributed by atoms with E-state index in [0.29, 0.717) is 11.3 Å². The Balaban J connectivity index is 0.00000529. The zero-order chi connectivity index (χ0) is 16.9. The van der Waals surface area contributed by atoms with Gasteiger partial charge in [0, 0.05) is 54.7 Å². The molecule has 1 fully saturated rings. The summed E-state index contributed by atoms with van der Waals surface area (Å²) < 4.78 is 17.1. The van der Waals surface area contributed by atoms with Crippen molar-refractivity contribution in [2.24, 2.45) is 4.99 Å². The number of nitrogens with zero attached hydrogens (tertiary/aromatic N) is 1. The molecule has 1 aliphatic rings. The van der Waals surface area contributed by atoms with Crippen molar-refractivity contribution in [1.82, 2.24) is 10.6 Å². The van der Waals surface area contributed by atoms with Gasteiger partial charge in [-0.25, -0.2) is 0 Å². The lowest BCUT2D eigenvalue weighted by Gasteiger charge is -2.30. The Labute approximate surface area is 167 Å². The molecule has 24 heavy (non-hydrogen) atoms. The molecular weight excluding hydrogens is 437 g/mol. The van der Waals surface area contributed by atoms with E-state index in [1.807, 2.05) is 6.92 Å². The molecule has 7 heteroatoms. The number of ether oxygens (including phenoxy) is 1. The molecule has 0 amide bonds. The van der Waals surface area contributed by atoms with Crippen LogP contribution in [-0.4, -0.2) is 54.0 Å². The number of guanidine groups is 1. The summed E-state index contributed by atoms with van der Waals surface area (Å²) in [4.78, 5) is 4.67. The molecule has 0 aromatic carbocycles. The number of methoxy groups -OCH3 is 1. The van der Waals surface area contributed by atoms with Crippen LogP contribution in [0.25, 0.3) is 0 Å². The van der Waals surface area contributed by atoms with Gasteiger partial charge in [0.25, 0.3) is 0 Å². The molecule has 0 radical (unpaired) electrons. The molecule has 0 aromatic heterocycles. The fourth-order valence-corrected chi connectivity index (χ4v) is 4.34. The first-order valence-electron chi connectivity index (χ1n) is 9.12. The number of aliphatic imine (C=N–C) groups is 1. The molecule has 2 N–H and O–H groups in total. The minimum atomic E-state index is -0.675. The number of unbranched alkanes of at least 4 members (excludes halogenated alkanes) is 2. The Morgan fingerprint density at radius 2 is 2.04 bits per heavy atom. The summed E-state index contributed by atoms with van der Waals surface area (Å²) in [5.41, 5.74) is 0. The van der Waals surface area contributed by atoms with Crippen LogP contribution in [0.4, 0.5) is 0 Å². The Bertz CT molecular complexity index is 370. The molecule has 0 bridgehead atoms. The lowest BCUT2D eigenvalue weighted by molar-refractivity contribution is 0.192. The van der Waals surface area contributed by atoms with Gasteiger partial charge in [0.1, 0.15) is 0 Å².